The molecule has 1 unspecified atom stereocenters. The van der Waals surface area contributed by atoms with Crippen LogP contribution in [-0.2, 0) is 21.4 Å². The molecule has 1 aliphatic rings. The standard InChI is InChI=1S/C27H29ClF2N2O5S/c1-35-23-5-2-4-20(16-23)19-36-26(21-8-10-22(28)11-9-21)18-31-12-14-32(15-13-31)38(33,34)25-7-3-6-24(17-25)37-27(29)30/h2-11,16-17,26-27H,12-15,18-19H2,1H3. The maximum atomic E-state index is 13.1. The van der Waals surface area contributed by atoms with Gasteiger partial charge in [-0.05, 0) is 47.5 Å². The molecule has 0 radical (unpaired) electrons. The number of hydrogen-bond acceptors (Lipinski definition) is 6. The Bertz CT molecular complexity index is 1300. The molecule has 0 saturated carbocycles. The van der Waals surface area contributed by atoms with E-state index in [2.05, 4.69) is 9.64 Å². The summed E-state index contributed by atoms with van der Waals surface area (Å²) < 4.78 is 68.7. The van der Waals surface area contributed by atoms with Crippen molar-refractivity contribution in [2.75, 3.05) is 39.8 Å². The summed E-state index contributed by atoms with van der Waals surface area (Å²) in [6.45, 7) is -0.626. The fourth-order valence-electron chi connectivity index (χ4n) is 4.24. The van der Waals surface area contributed by atoms with Crippen molar-refractivity contribution >= 4 is 21.6 Å². The average Bonchev–Trinajstić information content (AvgIpc) is 2.92. The molecular weight excluding hydrogens is 538 g/mol. The quantitative estimate of drug-likeness (QED) is 0.317. The second kappa shape index (κ2) is 12.9. The van der Waals surface area contributed by atoms with Gasteiger partial charge in [0.25, 0.3) is 0 Å². The summed E-state index contributed by atoms with van der Waals surface area (Å²) in [6.07, 6.45) is -0.273. The number of halogens is 3. The molecule has 0 amide bonds. The number of hydrogen-bond donors (Lipinski definition) is 0. The zero-order chi connectivity index (χ0) is 27.1. The van der Waals surface area contributed by atoms with E-state index in [0.717, 1.165) is 22.9 Å². The van der Waals surface area contributed by atoms with Crippen molar-refractivity contribution in [1.29, 1.82) is 0 Å². The van der Waals surface area contributed by atoms with Crippen LogP contribution in [-0.4, -0.2) is 64.1 Å². The Morgan fingerprint density at radius 3 is 2.29 bits per heavy atom. The highest BCUT2D eigenvalue weighted by atomic mass is 35.5. The third-order valence-electron chi connectivity index (χ3n) is 6.25. The first kappa shape index (κ1) is 28.3. The van der Waals surface area contributed by atoms with Gasteiger partial charge >= 0.3 is 6.61 Å². The van der Waals surface area contributed by atoms with Crippen molar-refractivity contribution in [3.8, 4) is 11.5 Å². The normalized spacial score (nSPS) is 15.9. The van der Waals surface area contributed by atoms with Crippen molar-refractivity contribution in [2.24, 2.45) is 0 Å². The molecule has 1 aliphatic heterocycles. The molecule has 1 saturated heterocycles. The number of methoxy groups -OCH3 is 1. The average molecular weight is 567 g/mol. The smallest absolute Gasteiger partial charge is 0.387 e. The maximum Gasteiger partial charge on any atom is 0.387 e. The molecule has 4 rings (SSSR count). The second-order valence-electron chi connectivity index (χ2n) is 8.76. The summed E-state index contributed by atoms with van der Waals surface area (Å²) in [4.78, 5) is 2.07. The maximum absolute atomic E-state index is 13.1. The lowest BCUT2D eigenvalue weighted by Crippen LogP contribution is -2.49. The molecule has 204 valence electrons. The number of alkyl halides is 2. The summed E-state index contributed by atoms with van der Waals surface area (Å²) >= 11 is 6.09. The van der Waals surface area contributed by atoms with Crippen LogP contribution in [0.5, 0.6) is 11.5 Å². The van der Waals surface area contributed by atoms with Crippen molar-refractivity contribution in [3.63, 3.8) is 0 Å². The van der Waals surface area contributed by atoms with Crippen LogP contribution in [0.15, 0.2) is 77.7 Å². The van der Waals surface area contributed by atoms with Gasteiger partial charge in [-0.2, -0.15) is 13.1 Å². The lowest BCUT2D eigenvalue weighted by molar-refractivity contribution is -0.0500. The van der Waals surface area contributed by atoms with Gasteiger partial charge in [0.1, 0.15) is 11.5 Å². The Morgan fingerprint density at radius 1 is 0.921 bits per heavy atom. The molecule has 1 fully saturated rings. The first-order valence-corrected chi connectivity index (χ1v) is 13.8. The van der Waals surface area contributed by atoms with Gasteiger partial charge in [0.05, 0.1) is 24.7 Å². The Labute approximate surface area is 226 Å². The minimum Gasteiger partial charge on any atom is -0.497 e. The summed E-state index contributed by atoms with van der Waals surface area (Å²) in [5.74, 6) is 0.552. The zero-order valence-electron chi connectivity index (χ0n) is 20.8. The molecule has 0 spiro atoms. The topological polar surface area (TPSA) is 68.3 Å². The van der Waals surface area contributed by atoms with Crippen LogP contribution >= 0.6 is 11.6 Å². The minimum absolute atomic E-state index is 0.0789. The van der Waals surface area contributed by atoms with Crippen LogP contribution in [0.1, 0.15) is 17.2 Å². The van der Waals surface area contributed by atoms with Crippen molar-refractivity contribution in [1.82, 2.24) is 9.21 Å². The van der Waals surface area contributed by atoms with Crippen LogP contribution < -0.4 is 9.47 Å². The van der Waals surface area contributed by atoms with E-state index >= 15 is 0 Å². The fraction of sp³-hybridized carbons (Fsp3) is 0.333. The highest BCUT2D eigenvalue weighted by Crippen LogP contribution is 2.26. The SMILES string of the molecule is COc1cccc(COC(CN2CCN(S(=O)(=O)c3cccc(OC(F)F)c3)CC2)c2ccc(Cl)cc2)c1. The Morgan fingerprint density at radius 2 is 1.61 bits per heavy atom. The summed E-state index contributed by atoms with van der Waals surface area (Å²) in [6, 6.07) is 20.3. The lowest BCUT2D eigenvalue weighted by atomic mass is 10.1. The summed E-state index contributed by atoms with van der Waals surface area (Å²) in [5, 5.41) is 0.627. The van der Waals surface area contributed by atoms with Gasteiger partial charge in [-0.1, -0.05) is 41.9 Å². The van der Waals surface area contributed by atoms with Crippen molar-refractivity contribution in [2.45, 2.75) is 24.2 Å². The van der Waals surface area contributed by atoms with Crippen LogP contribution in [0.2, 0.25) is 5.02 Å². The van der Waals surface area contributed by atoms with E-state index < -0.39 is 16.6 Å². The summed E-state index contributed by atoms with van der Waals surface area (Å²) in [7, 11) is -2.24. The monoisotopic (exact) mass is 566 g/mol. The predicted molar refractivity (Wildman–Crippen MR) is 140 cm³/mol. The predicted octanol–water partition coefficient (Wildman–Crippen LogP) is 5.21. The largest absolute Gasteiger partial charge is 0.497 e. The van der Waals surface area contributed by atoms with Crippen molar-refractivity contribution < 1.29 is 31.4 Å². The summed E-state index contributed by atoms with van der Waals surface area (Å²) in [5.41, 5.74) is 1.93. The highest BCUT2D eigenvalue weighted by Gasteiger charge is 2.30. The van der Waals surface area contributed by atoms with Crippen LogP contribution in [0.3, 0.4) is 0 Å². The van der Waals surface area contributed by atoms with Crippen molar-refractivity contribution in [3.05, 3.63) is 88.9 Å². The van der Waals surface area contributed by atoms with E-state index in [1.54, 1.807) is 7.11 Å². The molecule has 1 atom stereocenters. The van der Waals surface area contributed by atoms with E-state index in [4.69, 9.17) is 21.1 Å². The fourth-order valence-corrected chi connectivity index (χ4v) is 5.82. The van der Waals surface area contributed by atoms with Gasteiger partial charge < -0.3 is 14.2 Å². The van der Waals surface area contributed by atoms with Crippen LogP contribution in [0.4, 0.5) is 8.78 Å². The Kier molecular flexibility index (Phi) is 9.56. The molecule has 7 nitrogen and oxygen atoms in total. The van der Waals surface area contributed by atoms with Gasteiger partial charge in [-0.15, -0.1) is 0 Å². The highest BCUT2D eigenvalue weighted by molar-refractivity contribution is 7.89. The van der Waals surface area contributed by atoms with Crippen LogP contribution in [0.25, 0.3) is 0 Å². The Balaban J connectivity index is 1.41. The molecule has 0 bridgehead atoms. The lowest BCUT2D eigenvalue weighted by Gasteiger charge is -2.36. The number of piperazine rings is 1. The number of rotatable bonds is 11. The third kappa shape index (κ3) is 7.42. The molecular formula is C27H29ClF2N2O5S. The second-order valence-corrected chi connectivity index (χ2v) is 11.1. The zero-order valence-corrected chi connectivity index (χ0v) is 22.4. The molecule has 0 aliphatic carbocycles. The number of sulfonamides is 1. The van der Waals surface area contributed by atoms with E-state index in [9.17, 15) is 17.2 Å². The Hall–Kier alpha value is -2.76. The third-order valence-corrected chi connectivity index (χ3v) is 8.40. The van der Waals surface area contributed by atoms with E-state index in [-0.39, 0.29) is 29.8 Å². The molecule has 0 N–H and O–H groups in total. The van der Waals surface area contributed by atoms with E-state index in [1.165, 1.54) is 22.5 Å². The molecule has 3 aromatic rings. The number of benzene rings is 3. The van der Waals surface area contributed by atoms with Crippen LogP contribution in [0, 0.1) is 0 Å². The van der Waals surface area contributed by atoms with Gasteiger partial charge in [0, 0.05) is 43.8 Å². The van der Waals surface area contributed by atoms with Gasteiger partial charge in [0.15, 0.2) is 0 Å². The first-order valence-electron chi connectivity index (χ1n) is 12.0. The van der Waals surface area contributed by atoms with Gasteiger partial charge in [-0.25, -0.2) is 8.42 Å². The van der Waals surface area contributed by atoms with E-state index in [1.807, 2.05) is 48.5 Å². The minimum atomic E-state index is -3.86. The molecule has 3 aromatic carbocycles. The molecule has 1 heterocycles. The van der Waals surface area contributed by atoms with Gasteiger partial charge in [-0.3, -0.25) is 4.90 Å². The molecule has 38 heavy (non-hydrogen) atoms. The number of nitrogens with zero attached hydrogens (tertiary/aromatic N) is 2. The van der Waals surface area contributed by atoms with E-state index in [0.29, 0.717) is 31.3 Å². The van der Waals surface area contributed by atoms with Gasteiger partial charge in [0.2, 0.25) is 10.0 Å². The number of ether oxygens (including phenoxy) is 3. The first-order chi connectivity index (χ1) is 18.2. The molecule has 0 aromatic heterocycles. The molecule has 11 heteroatoms.